The van der Waals surface area contributed by atoms with Gasteiger partial charge in [0.1, 0.15) is 6.04 Å². The molecule has 2 heterocycles. The monoisotopic (exact) mass is 386 g/mol. The topological polar surface area (TPSA) is 98.0 Å². The predicted molar refractivity (Wildman–Crippen MR) is 101 cm³/mol. The molecule has 0 fully saturated rings. The van der Waals surface area contributed by atoms with Crippen molar-refractivity contribution in [3.05, 3.63) is 59.7 Å². The summed E-state index contributed by atoms with van der Waals surface area (Å²) >= 11 is 0. The van der Waals surface area contributed by atoms with Gasteiger partial charge in [0.05, 0.1) is 4.90 Å². The predicted octanol–water partition coefficient (Wildman–Crippen LogP) is 3.42. The molecule has 0 aliphatic carbocycles. The highest BCUT2D eigenvalue weighted by Crippen LogP contribution is 2.26. The number of nitrogens with zero attached hydrogens (tertiary/aromatic N) is 3. The number of hydrogen-bond donors (Lipinski definition) is 1. The zero-order chi connectivity index (χ0) is 19.6. The van der Waals surface area contributed by atoms with Crippen molar-refractivity contribution in [2.45, 2.75) is 38.6 Å². The van der Waals surface area contributed by atoms with E-state index in [1.54, 1.807) is 37.5 Å². The largest absolute Gasteiger partial charge is 0.337 e. The Hall–Kier alpha value is -2.58. The number of aryl methyl sites for hydroxylation is 2. The number of sulfonamides is 1. The van der Waals surface area contributed by atoms with Crippen LogP contribution in [0.15, 0.2) is 52.1 Å². The first-order valence-electron chi connectivity index (χ1n) is 8.61. The molecule has 3 aromatic rings. The van der Waals surface area contributed by atoms with Gasteiger partial charge < -0.3 is 4.52 Å². The van der Waals surface area contributed by atoms with Gasteiger partial charge in [-0.1, -0.05) is 36.7 Å². The van der Waals surface area contributed by atoms with E-state index in [-0.39, 0.29) is 16.7 Å². The van der Waals surface area contributed by atoms with Crippen LogP contribution in [0.1, 0.15) is 36.9 Å². The Morgan fingerprint density at radius 1 is 1.15 bits per heavy atom. The Bertz CT molecular complexity index is 1030. The standard InChI is InChI=1S/C19H22N4O3S/c1-12(2)17(19-21-18(22-26-19)15-6-5-9-20-11-15)23-27(24,25)16-8-7-13(3)10-14(16)4/h5-12,17,23H,1-4H3. The number of nitrogens with one attached hydrogen (secondary N) is 1. The first-order valence-corrected chi connectivity index (χ1v) is 10.1. The minimum absolute atomic E-state index is 0.0901. The average molecular weight is 386 g/mol. The third-order valence-corrected chi connectivity index (χ3v) is 5.80. The van der Waals surface area contributed by atoms with Crippen LogP contribution in [0.4, 0.5) is 0 Å². The van der Waals surface area contributed by atoms with Gasteiger partial charge in [0, 0.05) is 18.0 Å². The highest BCUT2D eigenvalue weighted by atomic mass is 32.2. The smallest absolute Gasteiger partial charge is 0.245 e. The summed E-state index contributed by atoms with van der Waals surface area (Å²) in [5.41, 5.74) is 2.39. The van der Waals surface area contributed by atoms with Gasteiger partial charge in [0.25, 0.3) is 0 Å². The number of hydrogen-bond acceptors (Lipinski definition) is 6. The maximum absolute atomic E-state index is 12.9. The molecule has 0 aliphatic rings. The molecule has 0 saturated heterocycles. The van der Waals surface area contributed by atoms with Crippen molar-refractivity contribution in [1.82, 2.24) is 19.8 Å². The third kappa shape index (κ3) is 4.23. The molecule has 8 heteroatoms. The lowest BCUT2D eigenvalue weighted by Gasteiger charge is -2.19. The van der Waals surface area contributed by atoms with Crippen LogP contribution in [0.3, 0.4) is 0 Å². The summed E-state index contributed by atoms with van der Waals surface area (Å²) in [6.45, 7) is 7.48. The Morgan fingerprint density at radius 3 is 2.56 bits per heavy atom. The molecule has 1 atom stereocenters. The van der Waals surface area contributed by atoms with Crippen molar-refractivity contribution < 1.29 is 12.9 Å². The maximum Gasteiger partial charge on any atom is 0.245 e. The van der Waals surface area contributed by atoms with Gasteiger partial charge in [-0.3, -0.25) is 4.98 Å². The van der Waals surface area contributed by atoms with Crippen LogP contribution in [0, 0.1) is 19.8 Å². The van der Waals surface area contributed by atoms with Gasteiger partial charge in [-0.05, 0) is 43.5 Å². The van der Waals surface area contributed by atoms with Crippen molar-refractivity contribution in [2.75, 3.05) is 0 Å². The SMILES string of the molecule is Cc1ccc(S(=O)(=O)NC(c2nc(-c3cccnc3)no2)C(C)C)c(C)c1. The second-order valence-corrected chi connectivity index (χ2v) is 8.49. The van der Waals surface area contributed by atoms with E-state index in [9.17, 15) is 8.42 Å². The summed E-state index contributed by atoms with van der Waals surface area (Å²) in [6, 6.07) is 8.17. The zero-order valence-electron chi connectivity index (χ0n) is 15.7. The van der Waals surface area contributed by atoms with Crippen LogP contribution >= 0.6 is 0 Å². The van der Waals surface area contributed by atoms with Crippen molar-refractivity contribution in [3.8, 4) is 11.4 Å². The van der Waals surface area contributed by atoms with Crippen LogP contribution in [-0.2, 0) is 10.0 Å². The molecule has 0 amide bonds. The van der Waals surface area contributed by atoms with E-state index < -0.39 is 16.1 Å². The molecule has 0 aliphatic heterocycles. The highest BCUT2D eigenvalue weighted by molar-refractivity contribution is 7.89. The van der Waals surface area contributed by atoms with Gasteiger partial charge in [-0.25, -0.2) is 8.42 Å². The number of pyridine rings is 1. The fourth-order valence-corrected chi connectivity index (χ4v) is 4.34. The van der Waals surface area contributed by atoms with E-state index in [0.29, 0.717) is 17.0 Å². The normalized spacial score (nSPS) is 13.1. The summed E-state index contributed by atoms with van der Waals surface area (Å²) in [7, 11) is -3.75. The molecular formula is C19H22N4O3S. The van der Waals surface area contributed by atoms with E-state index in [1.165, 1.54) is 0 Å². The Morgan fingerprint density at radius 2 is 1.93 bits per heavy atom. The molecular weight excluding hydrogens is 364 g/mol. The molecule has 27 heavy (non-hydrogen) atoms. The van der Waals surface area contributed by atoms with E-state index in [4.69, 9.17) is 4.52 Å². The van der Waals surface area contributed by atoms with Crippen LogP contribution in [0.5, 0.6) is 0 Å². The minimum Gasteiger partial charge on any atom is -0.337 e. The molecule has 1 unspecified atom stereocenters. The van der Waals surface area contributed by atoms with E-state index in [2.05, 4.69) is 19.8 Å². The minimum atomic E-state index is -3.75. The van der Waals surface area contributed by atoms with Crippen molar-refractivity contribution in [3.63, 3.8) is 0 Å². The average Bonchev–Trinajstić information content (AvgIpc) is 3.09. The van der Waals surface area contributed by atoms with Gasteiger partial charge in [0.15, 0.2) is 0 Å². The molecule has 3 rings (SSSR count). The highest BCUT2D eigenvalue weighted by Gasteiger charge is 2.29. The van der Waals surface area contributed by atoms with Crippen LogP contribution < -0.4 is 4.72 Å². The summed E-state index contributed by atoms with van der Waals surface area (Å²) in [5, 5.41) is 3.96. The van der Waals surface area contributed by atoms with Crippen molar-refractivity contribution >= 4 is 10.0 Å². The van der Waals surface area contributed by atoms with E-state index in [0.717, 1.165) is 5.56 Å². The third-order valence-electron chi connectivity index (χ3n) is 4.20. The Balaban J connectivity index is 1.92. The second-order valence-electron chi connectivity index (χ2n) is 6.81. The molecule has 1 N–H and O–H groups in total. The summed E-state index contributed by atoms with van der Waals surface area (Å²) < 4.78 is 33.9. The summed E-state index contributed by atoms with van der Waals surface area (Å²) in [4.78, 5) is 8.65. The number of rotatable bonds is 6. The second kappa shape index (κ2) is 7.58. The lowest BCUT2D eigenvalue weighted by atomic mass is 10.1. The Kier molecular flexibility index (Phi) is 5.38. The van der Waals surface area contributed by atoms with Gasteiger partial charge in [-0.2, -0.15) is 9.71 Å². The molecule has 0 radical (unpaired) electrons. The van der Waals surface area contributed by atoms with E-state index >= 15 is 0 Å². The zero-order valence-corrected chi connectivity index (χ0v) is 16.5. The van der Waals surface area contributed by atoms with E-state index in [1.807, 2.05) is 32.9 Å². The number of aromatic nitrogens is 3. The summed E-state index contributed by atoms with van der Waals surface area (Å²) in [6.07, 6.45) is 3.28. The molecule has 0 saturated carbocycles. The first-order chi connectivity index (χ1) is 12.8. The molecule has 0 spiro atoms. The molecule has 1 aromatic carbocycles. The maximum atomic E-state index is 12.9. The first kappa shape index (κ1) is 19.2. The lowest BCUT2D eigenvalue weighted by Crippen LogP contribution is -2.32. The van der Waals surface area contributed by atoms with Crippen LogP contribution in [0.25, 0.3) is 11.4 Å². The lowest BCUT2D eigenvalue weighted by molar-refractivity contribution is 0.311. The van der Waals surface area contributed by atoms with Gasteiger partial charge in [0.2, 0.25) is 21.7 Å². The van der Waals surface area contributed by atoms with Gasteiger partial charge >= 0.3 is 0 Å². The Labute approximate surface area is 158 Å². The quantitative estimate of drug-likeness (QED) is 0.697. The van der Waals surface area contributed by atoms with Crippen molar-refractivity contribution in [2.24, 2.45) is 5.92 Å². The molecule has 142 valence electrons. The fraction of sp³-hybridized carbons (Fsp3) is 0.316. The summed E-state index contributed by atoms with van der Waals surface area (Å²) in [5.74, 6) is 0.499. The molecule has 0 bridgehead atoms. The van der Waals surface area contributed by atoms with Crippen LogP contribution in [-0.4, -0.2) is 23.5 Å². The number of benzene rings is 1. The van der Waals surface area contributed by atoms with Crippen LogP contribution in [0.2, 0.25) is 0 Å². The molecule has 7 nitrogen and oxygen atoms in total. The van der Waals surface area contributed by atoms with Crippen molar-refractivity contribution in [1.29, 1.82) is 0 Å². The molecule has 2 aromatic heterocycles. The fourth-order valence-electron chi connectivity index (χ4n) is 2.78. The van der Waals surface area contributed by atoms with Gasteiger partial charge in [-0.15, -0.1) is 0 Å².